The molecule has 2 saturated heterocycles. The number of hydrogen-bond donors (Lipinski definition) is 2. The highest BCUT2D eigenvalue weighted by Crippen LogP contribution is 2.42. The van der Waals surface area contributed by atoms with E-state index in [-0.39, 0.29) is 36.3 Å². The number of anilines is 1. The molecule has 0 aromatic heterocycles. The molecule has 0 bridgehead atoms. The number of aliphatic hydroxyl groups excluding tert-OH is 1. The van der Waals surface area contributed by atoms with Crippen LogP contribution in [0.4, 0.5) is 14.9 Å². The fourth-order valence-corrected chi connectivity index (χ4v) is 5.49. The molecule has 2 N–H and O–H groups in total. The van der Waals surface area contributed by atoms with Crippen LogP contribution in [0.15, 0.2) is 72.8 Å². The number of rotatable bonds is 4. The summed E-state index contributed by atoms with van der Waals surface area (Å²) in [5, 5.41) is 12.9. The number of nitrogens with one attached hydrogen (secondary N) is 1. The van der Waals surface area contributed by atoms with Crippen molar-refractivity contribution in [1.82, 2.24) is 9.80 Å². The van der Waals surface area contributed by atoms with Crippen molar-refractivity contribution in [2.45, 2.75) is 30.8 Å². The Kier molecular flexibility index (Phi) is 7.92. The van der Waals surface area contributed by atoms with Crippen molar-refractivity contribution in [2.24, 2.45) is 0 Å². The first-order chi connectivity index (χ1) is 18.6. The van der Waals surface area contributed by atoms with Crippen molar-refractivity contribution in [3.63, 3.8) is 0 Å². The molecule has 3 aromatic carbocycles. The standard InChI is InChI=1S/C31H32FN3O3/c1-38-25-16-12-23(13-17-25)9-8-22-10-14-24(15-11-22)30-28-20-34(18-4-5-19-35(28)29(30)21-36)31(37)33-27-7-3-2-6-26(27)32/h2-3,6-7,10-17,28-30,36H,4-5,18-21H2,1H3,(H,33,37)/t28-,29-,30-/m1/s1. The number of aliphatic hydroxyl groups is 1. The molecule has 0 unspecified atom stereocenters. The second-order valence-corrected chi connectivity index (χ2v) is 9.74. The highest BCUT2D eigenvalue weighted by Gasteiger charge is 2.49. The maximum Gasteiger partial charge on any atom is 0.321 e. The number of benzene rings is 3. The number of fused-ring (bicyclic) bond motifs is 1. The molecule has 0 spiro atoms. The van der Waals surface area contributed by atoms with E-state index in [4.69, 9.17) is 4.74 Å². The second-order valence-electron chi connectivity index (χ2n) is 9.74. The van der Waals surface area contributed by atoms with Gasteiger partial charge >= 0.3 is 6.03 Å². The van der Waals surface area contributed by atoms with Gasteiger partial charge in [-0.15, -0.1) is 0 Å². The van der Waals surface area contributed by atoms with Crippen LogP contribution in [0, 0.1) is 17.7 Å². The lowest BCUT2D eigenvalue weighted by molar-refractivity contribution is -0.0585. The van der Waals surface area contributed by atoms with E-state index in [1.54, 1.807) is 30.2 Å². The van der Waals surface area contributed by atoms with Crippen molar-refractivity contribution in [3.8, 4) is 17.6 Å². The molecule has 38 heavy (non-hydrogen) atoms. The number of carbonyl (C=O) groups excluding carboxylic acids is 1. The molecule has 0 saturated carbocycles. The van der Waals surface area contributed by atoms with Crippen molar-refractivity contribution >= 4 is 11.7 Å². The van der Waals surface area contributed by atoms with Crippen LogP contribution in [0.2, 0.25) is 0 Å². The van der Waals surface area contributed by atoms with Gasteiger partial charge in [-0.05, 0) is 73.5 Å². The average Bonchev–Trinajstić information content (AvgIpc) is 2.93. The number of amides is 2. The molecule has 2 amide bonds. The summed E-state index contributed by atoms with van der Waals surface area (Å²) < 4.78 is 19.3. The number of carbonyl (C=O) groups is 1. The van der Waals surface area contributed by atoms with Gasteiger partial charge in [-0.25, -0.2) is 9.18 Å². The zero-order valence-corrected chi connectivity index (χ0v) is 21.4. The maximum absolute atomic E-state index is 14.1. The molecule has 2 heterocycles. The third-order valence-electron chi connectivity index (χ3n) is 7.51. The Balaban J connectivity index is 1.31. The van der Waals surface area contributed by atoms with Gasteiger partial charge in [0.2, 0.25) is 0 Å². The van der Waals surface area contributed by atoms with Crippen molar-refractivity contribution in [2.75, 3.05) is 38.7 Å². The van der Waals surface area contributed by atoms with Gasteiger partial charge < -0.3 is 20.1 Å². The molecule has 0 aliphatic carbocycles. The fraction of sp³-hybridized carbons (Fsp3) is 0.323. The SMILES string of the molecule is COc1ccc(C#Cc2ccc([C@H]3[C@@H](CO)N4CCCCN(C(=O)Nc5ccccc5F)C[C@H]34)cc2)cc1. The summed E-state index contributed by atoms with van der Waals surface area (Å²) in [4.78, 5) is 17.2. The third kappa shape index (κ3) is 5.52. The molecule has 2 aliphatic rings. The highest BCUT2D eigenvalue weighted by atomic mass is 19.1. The van der Waals surface area contributed by atoms with Crippen LogP contribution in [0.3, 0.4) is 0 Å². The summed E-state index contributed by atoms with van der Waals surface area (Å²) in [6, 6.07) is 21.8. The Labute approximate surface area is 223 Å². The number of para-hydroxylation sites is 1. The van der Waals surface area contributed by atoms with Gasteiger partial charge in [0.15, 0.2) is 0 Å². The Morgan fingerprint density at radius 1 is 1.00 bits per heavy atom. The molecule has 3 atom stereocenters. The van der Waals surface area contributed by atoms with Gasteiger partial charge in [0.25, 0.3) is 0 Å². The molecule has 5 rings (SSSR count). The summed E-state index contributed by atoms with van der Waals surface area (Å²) in [7, 11) is 1.64. The summed E-state index contributed by atoms with van der Waals surface area (Å²) in [6.45, 7) is 2.07. The molecule has 196 valence electrons. The van der Waals surface area contributed by atoms with Gasteiger partial charge in [-0.1, -0.05) is 36.1 Å². The van der Waals surface area contributed by atoms with E-state index in [2.05, 4.69) is 34.2 Å². The van der Waals surface area contributed by atoms with Crippen LogP contribution in [-0.4, -0.2) is 66.4 Å². The normalized spacial score (nSPS) is 21.1. The highest BCUT2D eigenvalue weighted by molar-refractivity contribution is 5.89. The molecule has 3 aromatic rings. The lowest BCUT2D eigenvalue weighted by Gasteiger charge is -2.57. The first kappa shape index (κ1) is 25.8. The smallest absolute Gasteiger partial charge is 0.321 e. The predicted octanol–water partition coefficient (Wildman–Crippen LogP) is 4.69. The minimum Gasteiger partial charge on any atom is -0.497 e. The molecule has 2 fully saturated rings. The van der Waals surface area contributed by atoms with E-state index in [9.17, 15) is 14.3 Å². The zero-order chi connectivity index (χ0) is 26.5. The van der Waals surface area contributed by atoms with Gasteiger partial charge in [0, 0.05) is 42.2 Å². The molecule has 0 radical (unpaired) electrons. The van der Waals surface area contributed by atoms with E-state index in [1.165, 1.54) is 6.07 Å². The van der Waals surface area contributed by atoms with E-state index in [0.717, 1.165) is 41.8 Å². The zero-order valence-electron chi connectivity index (χ0n) is 21.4. The maximum atomic E-state index is 14.1. The quantitative estimate of drug-likeness (QED) is 0.497. The van der Waals surface area contributed by atoms with Crippen molar-refractivity contribution in [3.05, 3.63) is 95.3 Å². The fourth-order valence-electron chi connectivity index (χ4n) is 5.49. The first-order valence-corrected chi connectivity index (χ1v) is 13.0. The number of ether oxygens (including phenoxy) is 1. The van der Waals surface area contributed by atoms with E-state index < -0.39 is 5.82 Å². The van der Waals surface area contributed by atoms with Crippen LogP contribution in [0.25, 0.3) is 0 Å². The van der Waals surface area contributed by atoms with Crippen LogP contribution in [0.1, 0.15) is 35.4 Å². The lowest BCUT2D eigenvalue weighted by atomic mass is 9.74. The van der Waals surface area contributed by atoms with Gasteiger partial charge in [0.05, 0.1) is 19.4 Å². The molecular formula is C31H32FN3O3. The number of hydrogen-bond acceptors (Lipinski definition) is 4. The lowest BCUT2D eigenvalue weighted by Crippen LogP contribution is -2.68. The summed E-state index contributed by atoms with van der Waals surface area (Å²) in [5.41, 5.74) is 3.12. The number of halogens is 1. The van der Waals surface area contributed by atoms with Gasteiger partial charge in [-0.3, -0.25) is 4.90 Å². The van der Waals surface area contributed by atoms with Gasteiger partial charge in [-0.2, -0.15) is 0 Å². The van der Waals surface area contributed by atoms with Crippen molar-refractivity contribution in [1.29, 1.82) is 0 Å². The molecule has 2 aliphatic heterocycles. The molecule has 7 heteroatoms. The third-order valence-corrected chi connectivity index (χ3v) is 7.51. The topological polar surface area (TPSA) is 65.0 Å². The first-order valence-electron chi connectivity index (χ1n) is 13.0. The Morgan fingerprint density at radius 3 is 2.32 bits per heavy atom. The number of urea groups is 1. The van der Waals surface area contributed by atoms with E-state index in [1.807, 2.05) is 36.4 Å². The summed E-state index contributed by atoms with van der Waals surface area (Å²) in [6.07, 6.45) is 1.79. The van der Waals surface area contributed by atoms with Crippen LogP contribution in [0.5, 0.6) is 5.75 Å². The van der Waals surface area contributed by atoms with Crippen LogP contribution < -0.4 is 10.1 Å². The predicted molar refractivity (Wildman–Crippen MR) is 146 cm³/mol. The monoisotopic (exact) mass is 513 g/mol. The summed E-state index contributed by atoms with van der Waals surface area (Å²) in [5.74, 6) is 6.82. The minimum atomic E-state index is -0.452. The van der Waals surface area contributed by atoms with E-state index in [0.29, 0.717) is 13.1 Å². The molecule has 6 nitrogen and oxygen atoms in total. The van der Waals surface area contributed by atoms with Crippen LogP contribution >= 0.6 is 0 Å². The van der Waals surface area contributed by atoms with Crippen LogP contribution in [-0.2, 0) is 0 Å². The summed E-state index contributed by atoms with van der Waals surface area (Å²) >= 11 is 0. The Hall–Kier alpha value is -3.86. The Bertz CT molecular complexity index is 1320. The number of nitrogens with zero attached hydrogens (tertiary/aromatic N) is 2. The molecular weight excluding hydrogens is 481 g/mol. The number of methoxy groups -OCH3 is 1. The second kappa shape index (κ2) is 11.7. The van der Waals surface area contributed by atoms with E-state index >= 15 is 0 Å². The minimum absolute atomic E-state index is 0.00538. The average molecular weight is 514 g/mol. The Morgan fingerprint density at radius 2 is 1.66 bits per heavy atom. The van der Waals surface area contributed by atoms with Crippen molar-refractivity contribution < 1.29 is 19.0 Å². The van der Waals surface area contributed by atoms with Gasteiger partial charge in [0.1, 0.15) is 11.6 Å². The largest absolute Gasteiger partial charge is 0.497 e.